The van der Waals surface area contributed by atoms with E-state index in [0.717, 1.165) is 18.5 Å². The van der Waals surface area contributed by atoms with Gasteiger partial charge in [0.25, 0.3) is 0 Å². The summed E-state index contributed by atoms with van der Waals surface area (Å²) in [6.45, 7) is 3.29. The minimum Gasteiger partial charge on any atom is -0.332 e. The fraction of sp³-hybridized carbons (Fsp3) is 0.500. The number of benzene rings is 1. The van der Waals surface area contributed by atoms with E-state index in [1.165, 1.54) is 30.4 Å². The first kappa shape index (κ1) is 19.1. The average molecular weight is 378 g/mol. The van der Waals surface area contributed by atoms with Gasteiger partial charge in [-0.3, -0.25) is 9.78 Å². The largest absolute Gasteiger partial charge is 0.332 e. The van der Waals surface area contributed by atoms with Crippen LogP contribution in [0.2, 0.25) is 0 Å². The fourth-order valence-corrected chi connectivity index (χ4v) is 5.18. The number of hydrogen-bond acceptors (Lipinski definition) is 3. The first-order valence-electron chi connectivity index (χ1n) is 10.6. The van der Waals surface area contributed by atoms with Gasteiger partial charge in [0.15, 0.2) is 0 Å². The molecular formula is C24H31N3O. The molecule has 2 N–H and O–H groups in total. The maximum Gasteiger partial charge on any atom is 0.226 e. The zero-order valence-electron chi connectivity index (χ0n) is 16.8. The second-order valence-corrected chi connectivity index (χ2v) is 8.70. The molecule has 1 heterocycles. The molecule has 2 atom stereocenters. The lowest BCUT2D eigenvalue weighted by Crippen LogP contribution is -2.49. The molecule has 2 saturated carbocycles. The maximum atomic E-state index is 13.6. The Balaban J connectivity index is 1.54. The Morgan fingerprint density at radius 1 is 1.11 bits per heavy atom. The fourth-order valence-electron chi connectivity index (χ4n) is 5.18. The third-order valence-corrected chi connectivity index (χ3v) is 6.61. The van der Waals surface area contributed by atoms with Crippen LogP contribution in [0.1, 0.15) is 48.9 Å². The van der Waals surface area contributed by atoms with Crippen LogP contribution in [-0.4, -0.2) is 21.8 Å². The molecule has 4 nitrogen and oxygen atoms in total. The van der Waals surface area contributed by atoms with Crippen molar-refractivity contribution in [3.63, 3.8) is 0 Å². The van der Waals surface area contributed by atoms with E-state index in [-0.39, 0.29) is 11.8 Å². The number of pyridine rings is 1. The Morgan fingerprint density at radius 3 is 2.57 bits per heavy atom. The normalized spacial score (nSPS) is 26.6. The molecular weight excluding hydrogens is 346 g/mol. The summed E-state index contributed by atoms with van der Waals surface area (Å²) < 4.78 is 0. The van der Waals surface area contributed by atoms with Crippen molar-refractivity contribution >= 4 is 5.91 Å². The van der Waals surface area contributed by atoms with Crippen molar-refractivity contribution in [2.24, 2.45) is 23.5 Å². The van der Waals surface area contributed by atoms with E-state index in [4.69, 9.17) is 5.73 Å². The monoisotopic (exact) mass is 377 g/mol. The van der Waals surface area contributed by atoms with Crippen molar-refractivity contribution in [3.05, 3.63) is 65.5 Å². The Kier molecular flexibility index (Phi) is 5.77. The van der Waals surface area contributed by atoms with Gasteiger partial charge in [0.1, 0.15) is 0 Å². The highest BCUT2D eigenvalue weighted by Crippen LogP contribution is 2.42. The third-order valence-electron chi connectivity index (χ3n) is 6.61. The highest BCUT2D eigenvalue weighted by molar-refractivity contribution is 5.79. The number of amides is 1. The molecule has 2 aliphatic carbocycles. The van der Waals surface area contributed by atoms with E-state index in [1.54, 1.807) is 6.20 Å². The first-order chi connectivity index (χ1) is 13.6. The van der Waals surface area contributed by atoms with E-state index >= 15 is 0 Å². The van der Waals surface area contributed by atoms with Crippen LogP contribution in [-0.2, 0) is 17.9 Å². The summed E-state index contributed by atoms with van der Waals surface area (Å²) in [6.07, 6.45) is 7.32. The van der Waals surface area contributed by atoms with E-state index in [0.29, 0.717) is 31.0 Å². The number of aromatic nitrogens is 1. The van der Waals surface area contributed by atoms with Gasteiger partial charge >= 0.3 is 0 Å². The standard InChI is InChI=1S/C24H31N3O/c1-17-6-4-7-18(12-17)15-27(16-22-10-2-3-11-26-22)24(28)21-13-19-8-5-9-20(14-21)23(19)25/h2-4,6-7,10-12,19-21,23H,5,8-9,13-16,25H2,1H3. The second kappa shape index (κ2) is 8.44. The molecule has 0 spiro atoms. The molecule has 0 saturated heterocycles. The van der Waals surface area contributed by atoms with Gasteiger partial charge in [-0.1, -0.05) is 42.3 Å². The molecule has 4 rings (SSSR count). The molecule has 1 amide bonds. The van der Waals surface area contributed by atoms with Gasteiger partial charge in [-0.25, -0.2) is 0 Å². The van der Waals surface area contributed by atoms with Gasteiger partial charge in [0.2, 0.25) is 5.91 Å². The van der Waals surface area contributed by atoms with Crippen molar-refractivity contribution in [1.29, 1.82) is 0 Å². The summed E-state index contributed by atoms with van der Waals surface area (Å²) in [5.74, 6) is 1.40. The van der Waals surface area contributed by atoms with Crippen LogP contribution in [0.5, 0.6) is 0 Å². The van der Waals surface area contributed by atoms with E-state index in [2.05, 4.69) is 36.2 Å². The maximum absolute atomic E-state index is 13.6. The lowest BCUT2D eigenvalue weighted by Gasteiger charge is -2.44. The van der Waals surface area contributed by atoms with Gasteiger partial charge in [0, 0.05) is 24.7 Å². The van der Waals surface area contributed by atoms with Crippen molar-refractivity contribution < 1.29 is 4.79 Å². The van der Waals surface area contributed by atoms with Gasteiger partial charge < -0.3 is 10.6 Å². The quantitative estimate of drug-likeness (QED) is 0.854. The molecule has 2 bridgehead atoms. The molecule has 2 unspecified atom stereocenters. The van der Waals surface area contributed by atoms with Gasteiger partial charge in [-0.05, 0) is 62.1 Å². The number of aryl methyl sites for hydroxylation is 1. The summed E-state index contributed by atoms with van der Waals surface area (Å²) in [7, 11) is 0. The zero-order chi connectivity index (χ0) is 19.5. The van der Waals surface area contributed by atoms with E-state index in [9.17, 15) is 4.79 Å². The second-order valence-electron chi connectivity index (χ2n) is 8.70. The predicted octanol–water partition coefficient (Wildman–Crippen LogP) is 4.07. The summed E-state index contributed by atoms with van der Waals surface area (Å²) in [5.41, 5.74) is 9.79. The molecule has 28 heavy (non-hydrogen) atoms. The number of fused-ring (bicyclic) bond motifs is 2. The molecule has 2 aliphatic rings. The lowest BCUT2D eigenvalue weighted by atomic mass is 9.65. The Bertz CT molecular complexity index is 793. The minimum atomic E-state index is 0.101. The predicted molar refractivity (Wildman–Crippen MR) is 111 cm³/mol. The number of carbonyl (C=O) groups excluding carboxylic acids is 1. The Labute approximate surface area is 168 Å². The minimum absolute atomic E-state index is 0.101. The molecule has 148 valence electrons. The van der Waals surface area contributed by atoms with E-state index in [1.807, 2.05) is 23.1 Å². The molecule has 4 heteroatoms. The highest BCUT2D eigenvalue weighted by Gasteiger charge is 2.41. The number of nitrogens with zero attached hydrogens (tertiary/aromatic N) is 2. The van der Waals surface area contributed by atoms with Crippen LogP contribution in [0.3, 0.4) is 0 Å². The number of nitrogens with two attached hydrogens (primary N) is 1. The summed E-state index contributed by atoms with van der Waals surface area (Å²) in [5, 5.41) is 0. The Morgan fingerprint density at radius 2 is 1.89 bits per heavy atom. The van der Waals surface area contributed by atoms with Gasteiger partial charge in [0.05, 0.1) is 12.2 Å². The van der Waals surface area contributed by atoms with Crippen molar-refractivity contribution in [2.45, 2.75) is 58.2 Å². The molecule has 0 aliphatic heterocycles. The number of carbonyl (C=O) groups is 1. The van der Waals surface area contributed by atoms with Crippen molar-refractivity contribution in [3.8, 4) is 0 Å². The van der Waals surface area contributed by atoms with Crippen LogP contribution in [0, 0.1) is 24.7 Å². The van der Waals surface area contributed by atoms with Crippen molar-refractivity contribution in [1.82, 2.24) is 9.88 Å². The molecule has 0 radical (unpaired) electrons. The van der Waals surface area contributed by atoms with E-state index < -0.39 is 0 Å². The topological polar surface area (TPSA) is 59.2 Å². The van der Waals surface area contributed by atoms with Crippen LogP contribution in [0.15, 0.2) is 48.7 Å². The molecule has 2 aromatic rings. The van der Waals surface area contributed by atoms with Gasteiger partial charge in [-0.2, -0.15) is 0 Å². The first-order valence-corrected chi connectivity index (χ1v) is 10.6. The van der Waals surface area contributed by atoms with Crippen molar-refractivity contribution in [2.75, 3.05) is 0 Å². The van der Waals surface area contributed by atoms with Crippen LogP contribution < -0.4 is 5.73 Å². The van der Waals surface area contributed by atoms with Gasteiger partial charge in [-0.15, -0.1) is 0 Å². The Hall–Kier alpha value is -2.20. The zero-order valence-corrected chi connectivity index (χ0v) is 16.8. The summed E-state index contributed by atoms with van der Waals surface area (Å²) >= 11 is 0. The van der Waals surface area contributed by atoms with Crippen LogP contribution >= 0.6 is 0 Å². The average Bonchev–Trinajstić information content (AvgIpc) is 2.68. The molecule has 1 aromatic heterocycles. The van der Waals surface area contributed by atoms with Crippen LogP contribution in [0.4, 0.5) is 0 Å². The number of hydrogen-bond donors (Lipinski definition) is 1. The highest BCUT2D eigenvalue weighted by atomic mass is 16.2. The smallest absolute Gasteiger partial charge is 0.226 e. The number of rotatable bonds is 5. The van der Waals surface area contributed by atoms with Crippen LogP contribution in [0.25, 0.3) is 0 Å². The molecule has 2 fully saturated rings. The SMILES string of the molecule is Cc1cccc(CN(Cc2ccccn2)C(=O)C2CC3CCCC(C2)C3N)c1. The summed E-state index contributed by atoms with van der Waals surface area (Å²) in [6, 6.07) is 14.6. The summed E-state index contributed by atoms with van der Waals surface area (Å²) in [4.78, 5) is 20.1. The lowest BCUT2D eigenvalue weighted by molar-refractivity contribution is -0.140. The third kappa shape index (κ3) is 4.27. The molecule has 1 aromatic carbocycles.